The fraction of sp³-hybridized carbons (Fsp3) is 0.360. The Morgan fingerprint density at radius 1 is 1.06 bits per heavy atom. The third-order valence-electron chi connectivity index (χ3n) is 6.30. The Bertz CT molecular complexity index is 1440. The first-order chi connectivity index (χ1) is 15.9. The van der Waals surface area contributed by atoms with Gasteiger partial charge in [-0.2, -0.15) is 0 Å². The van der Waals surface area contributed by atoms with E-state index >= 15 is 0 Å². The van der Waals surface area contributed by atoms with Crippen molar-refractivity contribution in [1.29, 1.82) is 0 Å². The minimum atomic E-state index is -0.194. The van der Waals surface area contributed by atoms with Crippen molar-refractivity contribution in [3.05, 3.63) is 70.0 Å². The summed E-state index contributed by atoms with van der Waals surface area (Å²) < 4.78 is 3.79. The standard InChI is InChI=1S/C25H27N7O/c1-25(2,3)24-27-9-8-22(30-24)32-20-11-21(28-14-19(20)23(33)31(32)18-6-7-18)29-17-5-4-15-12-26-13-16(15)10-17/h4-5,8-11,14,18,26H,6-7,12-13H2,1-3H3,(H,28,29). The lowest BCUT2D eigenvalue weighted by atomic mass is 9.96. The number of aromatic nitrogens is 5. The van der Waals surface area contributed by atoms with E-state index in [1.165, 1.54) is 11.1 Å². The lowest BCUT2D eigenvalue weighted by Crippen LogP contribution is -2.23. The van der Waals surface area contributed by atoms with Crippen LogP contribution in [0.15, 0.2) is 47.5 Å². The van der Waals surface area contributed by atoms with Gasteiger partial charge in [-0.05, 0) is 36.1 Å². The molecular weight excluding hydrogens is 414 g/mol. The summed E-state index contributed by atoms with van der Waals surface area (Å²) in [5, 5.41) is 7.39. The minimum Gasteiger partial charge on any atom is -0.340 e. The SMILES string of the molecule is CC(C)(C)c1nccc(-n2c3cc(Nc4ccc5c(c4)CNC5)ncc3c(=O)n2C2CC2)n1. The Hall–Kier alpha value is -3.52. The van der Waals surface area contributed by atoms with Crippen molar-refractivity contribution in [1.82, 2.24) is 29.6 Å². The average molecular weight is 442 g/mol. The van der Waals surface area contributed by atoms with Gasteiger partial charge in [-0.3, -0.25) is 4.79 Å². The summed E-state index contributed by atoms with van der Waals surface area (Å²) in [5.41, 5.74) is 4.19. The molecule has 33 heavy (non-hydrogen) atoms. The van der Waals surface area contributed by atoms with Crippen LogP contribution in [0.2, 0.25) is 0 Å². The molecule has 2 aliphatic rings. The normalized spacial score (nSPS) is 15.7. The number of anilines is 2. The van der Waals surface area contributed by atoms with Crippen LogP contribution in [-0.2, 0) is 18.5 Å². The van der Waals surface area contributed by atoms with Gasteiger partial charge in [0.2, 0.25) is 0 Å². The summed E-state index contributed by atoms with van der Waals surface area (Å²) >= 11 is 0. The van der Waals surface area contributed by atoms with Crippen LogP contribution in [0.3, 0.4) is 0 Å². The average Bonchev–Trinajstić information content (AvgIpc) is 3.45. The van der Waals surface area contributed by atoms with E-state index in [9.17, 15) is 4.79 Å². The first kappa shape index (κ1) is 20.1. The van der Waals surface area contributed by atoms with Crippen LogP contribution >= 0.6 is 0 Å². The molecule has 0 saturated heterocycles. The van der Waals surface area contributed by atoms with E-state index < -0.39 is 0 Å². The van der Waals surface area contributed by atoms with Crippen molar-refractivity contribution in [2.45, 2.75) is 58.2 Å². The molecule has 3 aromatic heterocycles. The summed E-state index contributed by atoms with van der Waals surface area (Å²) in [4.78, 5) is 27.2. The zero-order valence-corrected chi connectivity index (χ0v) is 19.1. The second-order valence-electron chi connectivity index (χ2n) is 9.98. The second kappa shape index (κ2) is 7.25. The molecular formula is C25H27N7O. The molecule has 0 radical (unpaired) electrons. The molecule has 0 amide bonds. The van der Waals surface area contributed by atoms with Crippen LogP contribution in [0.4, 0.5) is 11.5 Å². The first-order valence-electron chi connectivity index (χ1n) is 11.5. The number of hydrogen-bond donors (Lipinski definition) is 2. The van der Waals surface area contributed by atoms with Gasteiger partial charge < -0.3 is 10.6 Å². The quantitative estimate of drug-likeness (QED) is 0.498. The monoisotopic (exact) mass is 441 g/mol. The molecule has 1 fully saturated rings. The number of fused-ring (bicyclic) bond motifs is 2. The van der Waals surface area contributed by atoms with Crippen LogP contribution in [0.25, 0.3) is 16.7 Å². The molecule has 0 atom stereocenters. The topological polar surface area (TPSA) is 89.7 Å². The van der Waals surface area contributed by atoms with E-state index in [0.29, 0.717) is 17.0 Å². The second-order valence-corrected chi connectivity index (χ2v) is 9.98. The van der Waals surface area contributed by atoms with E-state index in [4.69, 9.17) is 4.98 Å². The number of benzene rings is 1. The van der Waals surface area contributed by atoms with Crippen LogP contribution < -0.4 is 16.2 Å². The van der Waals surface area contributed by atoms with Crippen molar-refractivity contribution in [3.63, 3.8) is 0 Å². The lowest BCUT2D eigenvalue weighted by molar-refractivity contribution is 0.525. The minimum absolute atomic E-state index is 0.0222. The lowest BCUT2D eigenvalue weighted by Gasteiger charge is -2.18. The molecule has 4 heterocycles. The van der Waals surface area contributed by atoms with Gasteiger partial charge in [-0.1, -0.05) is 26.8 Å². The number of nitrogens with zero attached hydrogens (tertiary/aromatic N) is 5. The number of rotatable bonds is 4. The zero-order valence-electron chi connectivity index (χ0n) is 19.1. The molecule has 1 saturated carbocycles. The Labute approximate surface area is 191 Å². The highest BCUT2D eigenvalue weighted by Crippen LogP contribution is 2.36. The van der Waals surface area contributed by atoms with Crippen molar-refractivity contribution < 1.29 is 0 Å². The highest BCUT2D eigenvalue weighted by molar-refractivity contribution is 5.82. The van der Waals surface area contributed by atoms with Crippen LogP contribution in [-0.4, -0.2) is 24.3 Å². The van der Waals surface area contributed by atoms with E-state index in [1.807, 2.05) is 21.5 Å². The van der Waals surface area contributed by atoms with Crippen LogP contribution in [0, 0.1) is 0 Å². The molecule has 6 rings (SSSR count). The first-order valence-corrected chi connectivity index (χ1v) is 11.5. The third-order valence-corrected chi connectivity index (χ3v) is 6.30. The van der Waals surface area contributed by atoms with Crippen LogP contribution in [0.5, 0.6) is 0 Å². The molecule has 8 nitrogen and oxygen atoms in total. The van der Waals surface area contributed by atoms with Crippen molar-refractivity contribution in [2.75, 3.05) is 5.32 Å². The maximum Gasteiger partial charge on any atom is 0.276 e. The van der Waals surface area contributed by atoms with Gasteiger partial charge in [0.15, 0.2) is 5.82 Å². The molecule has 0 bridgehead atoms. The van der Waals surface area contributed by atoms with E-state index in [0.717, 1.165) is 43.0 Å². The van der Waals surface area contributed by atoms with Gasteiger partial charge in [0.1, 0.15) is 11.6 Å². The molecule has 1 aromatic carbocycles. The number of hydrogen-bond acceptors (Lipinski definition) is 6. The Kier molecular flexibility index (Phi) is 4.42. The molecule has 0 unspecified atom stereocenters. The Morgan fingerprint density at radius 3 is 2.67 bits per heavy atom. The molecule has 2 N–H and O–H groups in total. The predicted octanol–water partition coefficient (Wildman–Crippen LogP) is 3.96. The molecule has 0 spiro atoms. The summed E-state index contributed by atoms with van der Waals surface area (Å²) in [5.74, 6) is 2.14. The molecule has 8 heteroatoms. The molecule has 1 aliphatic heterocycles. The van der Waals surface area contributed by atoms with E-state index in [-0.39, 0.29) is 17.0 Å². The van der Waals surface area contributed by atoms with Crippen LogP contribution in [0.1, 0.15) is 56.6 Å². The maximum atomic E-state index is 13.3. The molecule has 168 valence electrons. The Balaban J connectivity index is 1.48. The van der Waals surface area contributed by atoms with Gasteiger partial charge in [0, 0.05) is 48.7 Å². The van der Waals surface area contributed by atoms with Gasteiger partial charge in [-0.15, -0.1) is 0 Å². The highest BCUT2D eigenvalue weighted by atomic mass is 16.1. The number of nitrogens with one attached hydrogen (secondary N) is 2. The Morgan fingerprint density at radius 2 is 1.88 bits per heavy atom. The van der Waals surface area contributed by atoms with Gasteiger partial charge in [0.25, 0.3) is 5.56 Å². The fourth-order valence-electron chi connectivity index (χ4n) is 4.41. The predicted molar refractivity (Wildman–Crippen MR) is 128 cm³/mol. The maximum absolute atomic E-state index is 13.3. The van der Waals surface area contributed by atoms with Gasteiger partial charge in [-0.25, -0.2) is 24.3 Å². The van der Waals surface area contributed by atoms with Gasteiger partial charge >= 0.3 is 0 Å². The van der Waals surface area contributed by atoms with Crippen molar-refractivity contribution >= 4 is 22.4 Å². The largest absolute Gasteiger partial charge is 0.340 e. The summed E-state index contributed by atoms with van der Waals surface area (Å²) in [6.07, 6.45) is 5.44. The number of pyridine rings is 1. The zero-order chi connectivity index (χ0) is 22.7. The fourth-order valence-corrected chi connectivity index (χ4v) is 4.41. The molecule has 4 aromatic rings. The smallest absolute Gasteiger partial charge is 0.276 e. The summed E-state index contributed by atoms with van der Waals surface area (Å²) in [7, 11) is 0. The van der Waals surface area contributed by atoms with E-state index in [2.05, 4.69) is 59.6 Å². The molecule has 1 aliphatic carbocycles. The van der Waals surface area contributed by atoms with Gasteiger partial charge in [0.05, 0.1) is 16.9 Å². The summed E-state index contributed by atoms with van der Waals surface area (Å²) in [6, 6.07) is 10.4. The van der Waals surface area contributed by atoms with E-state index in [1.54, 1.807) is 12.4 Å². The summed E-state index contributed by atoms with van der Waals surface area (Å²) in [6.45, 7) is 8.06. The third kappa shape index (κ3) is 3.51. The van der Waals surface area contributed by atoms with Crippen molar-refractivity contribution in [3.8, 4) is 5.82 Å². The highest BCUT2D eigenvalue weighted by Gasteiger charge is 2.31. The van der Waals surface area contributed by atoms with Crippen molar-refractivity contribution in [2.24, 2.45) is 0 Å².